The van der Waals surface area contributed by atoms with Crippen LogP contribution in [0.25, 0.3) is 0 Å². The first-order valence-corrected chi connectivity index (χ1v) is 4.03. The number of aromatic nitrogens is 1. The molecule has 1 saturated carbocycles. The molecule has 1 aromatic heterocycles. The molecule has 0 aliphatic heterocycles. The molecule has 2 atom stereocenters. The van der Waals surface area contributed by atoms with Crippen LogP contribution in [-0.2, 0) is 0 Å². The third kappa shape index (κ3) is 1.37. The van der Waals surface area contributed by atoms with Gasteiger partial charge >= 0.3 is 0 Å². The Bertz CT molecular complexity index is 275. The van der Waals surface area contributed by atoms with Crippen molar-refractivity contribution >= 4 is 11.6 Å². The lowest BCUT2D eigenvalue weighted by Crippen LogP contribution is -2.01. The van der Waals surface area contributed by atoms with Crippen LogP contribution in [0.3, 0.4) is 0 Å². The second-order valence-corrected chi connectivity index (χ2v) is 3.28. The van der Waals surface area contributed by atoms with Crippen LogP contribution < -0.4 is 5.73 Å². The van der Waals surface area contributed by atoms with E-state index in [4.69, 9.17) is 17.3 Å². The van der Waals surface area contributed by atoms with Gasteiger partial charge in [0.25, 0.3) is 0 Å². The lowest BCUT2D eigenvalue weighted by atomic mass is 10.2. The average molecular weight is 169 g/mol. The van der Waals surface area contributed by atoms with Crippen LogP contribution in [0.1, 0.15) is 18.0 Å². The minimum Gasteiger partial charge on any atom is -0.327 e. The van der Waals surface area contributed by atoms with Gasteiger partial charge in [0.2, 0.25) is 0 Å². The average Bonchev–Trinajstić information content (AvgIpc) is 2.67. The molecular formula is C8H9ClN2. The summed E-state index contributed by atoms with van der Waals surface area (Å²) in [4.78, 5) is 4.17. The fourth-order valence-corrected chi connectivity index (χ4v) is 1.36. The summed E-state index contributed by atoms with van der Waals surface area (Å²) in [5, 5.41) is 0.557. The molecule has 1 fully saturated rings. The molecule has 11 heavy (non-hydrogen) atoms. The molecule has 0 aromatic carbocycles. The highest BCUT2D eigenvalue weighted by Gasteiger charge is 2.35. The summed E-state index contributed by atoms with van der Waals surface area (Å²) in [5.74, 6) is 0.452. The number of nitrogens with two attached hydrogens (primary N) is 1. The topological polar surface area (TPSA) is 38.9 Å². The Kier molecular flexibility index (Phi) is 1.59. The van der Waals surface area contributed by atoms with Gasteiger partial charge in [0.15, 0.2) is 0 Å². The summed E-state index contributed by atoms with van der Waals surface area (Å²) in [6.45, 7) is 0. The second kappa shape index (κ2) is 2.47. The first-order chi connectivity index (χ1) is 5.27. The molecule has 1 aromatic rings. The Labute approximate surface area is 70.4 Å². The van der Waals surface area contributed by atoms with Crippen LogP contribution in [0.4, 0.5) is 0 Å². The number of rotatable bonds is 1. The third-order valence-electron chi connectivity index (χ3n) is 1.96. The number of halogens is 1. The van der Waals surface area contributed by atoms with Crippen molar-refractivity contribution in [3.63, 3.8) is 0 Å². The summed E-state index contributed by atoms with van der Waals surface area (Å²) >= 11 is 5.71. The summed E-state index contributed by atoms with van der Waals surface area (Å²) in [6.07, 6.45) is 1.05. The maximum atomic E-state index is 5.71. The summed E-state index contributed by atoms with van der Waals surface area (Å²) < 4.78 is 0. The molecule has 2 nitrogen and oxygen atoms in total. The predicted octanol–water partition coefficient (Wildman–Crippen LogP) is 1.55. The zero-order valence-corrected chi connectivity index (χ0v) is 6.75. The molecule has 1 aliphatic rings. The highest BCUT2D eigenvalue weighted by Crippen LogP contribution is 2.37. The Morgan fingerprint density at radius 3 is 2.82 bits per heavy atom. The molecule has 0 spiro atoms. The number of hydrogen-bond acceptors (Lipinski definition) is 2. The van der Waals surface area contributed by atoms with E-state index in [0.29, 0.717) is 17.1 Å². The fourth-order valence-electron chi connectivity index (χ4n) is 1.19. The molecule has 2 rings (SSSR count). The van der Waals surface area contributed by atoms with Gasteiger partial charge in [-0.25, -0.2) is 4.98 Å². The summed E-state index contributed by atoms with van der Waals surface area (Å²) in [7, 11) is 0. The zero-order valence-electron chi connectivity index (χ0n) is 6.00. The van der Waals surface area contributed by atoms with Crippen molar-refractivity contribution in [3.8, 4) is 0 Å². The number of pyridine rings is 1. The maximum absolute atomic E-state index is 5.71. The molecule has 0 amide bonds. The standard InChI is InChI=1S/C8H9ClN2/c9-8-3-1-2-7(11-8)5-4-6(5)10/h1-3,5-6H,4,10H2/t5-,6-/m1/s1. The number of hydrogen-bond donors (Lipinski definition) is 1. The van der Waals surface area contributed by atoms with Crippen molar-refractivity contribution in [1.82, 2.24) is 4.98 Å². The lowest BCUT2D eigenvalue weighted by Gasteiger charge is -1.96. The molecule has 0 saturated heterocycles. The number of nitrogens with zero attached hydrogens (tertiary/aromatic N) is 1. The summed E-state index contributed by atoms with van der Waals surface area (Å²) in [5.41, 5.74) is 6.70. The highest BCUT2D eigenvalue weighted by molar-refractivity contribution is 6.29. The van der Waals surface area contributed by atoms with E-state index in [1.54, 1.807) is 6.07 Å². The second-order valence-electron chi connectivity index (χ2n) is 2.89. The van der Waals surface area contributed by atoms with E-state index in [0.717, 1.165) is 12.1 Å². The van der Waals surface area contributed by atoms with Crippen molar-refractivity contribution < 1.29 is 0 Å². The SMILES string of the molecule is N[C@@H]1C[C@H]1c1cccc(Cl)n1. The van der Waals surface area contributed by atoms with Crippen LogP contribution in [-0.4, -0.2) is 11.0 Å². The molecular weight excluding hydrogens is 160 g/mol. The van der Waals surface area contributed by atoms with E-state index in [9.17, 15) is 0 Å². The van der Waals surface area contributed by atoms with Crippen molar-refractivity contribution in [3.05, 3.63) is 29.0 Å². The van der Waals surface area contributed by atoms with Crippen LogP contribution in [0, 0.1) is 0 Å². The van der Waals surface area contributed by atoms with Crippen molar-refractivity contribution in [1.29, 1.82) is 0 Å². The van der Waals surface area contributed by atoms with E-state index in [-0.39, 0.29) is 0 Å². The molecule has 1 heterocycles. The van der Waals surface area contributed by atoms with Gasteiger partial charge in [0.05, 0.1) is 0 Å². The molecule has 0 radical (unpaired) electrons. The first-order valence-electron chi connectivity index (χ1n) is 3.65. The quantitative estimate of drug-likeness (QED) is 0.647. The fraction of sp³-hybridized carbons (Fsp3) is 0.375. The van der Waals surface area contributed by atoms with Crippen LogP contribution >= 0.6 is 11.6 Å². The van der Waals surface area contributed by atoms with E-state index >= 15 is 0 Å². The van der Waals surface area contributed by atoms with Gasteiger partial charge in [-0.1, -0.05) is 17.7 Å². The lowest BCUT2D eigenvalue weighted by molar-refractivity contribution is 0.945. The van der Waals surface area contributed by atoms with Gasteiger partial charge in [-0.05, 0) is 18.6 Å². The Morgan fingerprint density at radius 2 is 2.27 bits per heavy atom. The monoisotopic (exact) mass is 168 g/mol. The molecule has 58 valence electrons. The largest absolute Gasteiger partial charge is 0.327 e. The molecule has 3 heteroatoms. The molecule has 2 N–H and O–H groups in total. The smallest absolute Gasteiger partial charge is 0.129 e. The first kappa shape index (κ1) is 7.07. The Hall–Kier alpha value is -0.600. The maximum Gasteiger partial charge on any atom is 0.129 e. The Morgan fingerprint density at radius 1 is 1.55 bits per heavy atom. The zero-order chi connectivity index (χ0) is 7.84. The minimum absolute atomic E-state index is 0.306. The van der Waals surface area contributed by atoms with Gasteiger partial charge in [-0.15, -0.1) is 0 Å². The molecule has 0 unspecified atom stereocenters. The van der Waals surface area contributed by atoms with Crippen molar-refractivity contribution in [2.24, 2.45) is 5.73 Å². The van der Waals surface area contributed by atoms with E-state index in [1.807, 2.05) is 12.1 Å². The van der Waals surface area contributed by atoms with E-state index < -0.39 is 0 Å². The van der Waals surface area contributed by atoms with E-state index in [2.05, 4.69) is 4.98 Å². The third-order valence-corrected chi connectivity index (χ3v) is 2.17. The summed E-state index contributed by atoms with van der Waals surface area (Å²) in [6, 6.07) is 5.97. The van der Waals surface area contributed by atoms with Gasteiger partial charge < -0.3 is 5.73 Å². The highest BCUT2D eigenvalue weighted by atomic mass is 35.5. The molecule has 1 aliphatic carbocycles. The van der Waals surface area contributed by atoms with Crippen molar-refractivity contribution in [2.45, 2.75) is 18.4 Å². The minimum atomic E-state index is 0.306. The van der Waals surface area contributed by atoms with Gasteiger partial charge in [-0.3, -0.25) is 0 Å². The normalized spacial score (nSPS) is 28.5. The van der Waals surface area contributed by atoms with Crippen LogP contribution in [0.2, 0.25) is 5.15 Å². The predicted molar refractivity (Wildman–Crippen MR) is 44.6 cm³/mol. The van der Waals surface area contributed by atoms with Crippen LogP contribution in [0.15, 0.2) is 18.2 Å². The van der Waals surface area contributed by atoms with Crippen LogP contribution in [0.5, 0.6) is 0 Å². The van der Waals surface area contributed by atoms with Gasteiger partial charge in [-0.2, -0.15) is 0 Å². The van der Waals surface area contributed by atoms with Gasteiger partial charge in [0, 0.05) is 17.7 Å². The van der Waals surface area contributed by atoms with E-state index in [1.165, 1.54) is 0 Å². The Balaban J connectivity index is 2.25. The van der Waals surface area contributed by atoms with Crippen molar-refractivity contribution in [2.75, 3.05) is 0 Å². The van der Waals surface area contributed by atoms with Gasteiger partial charge in [0.1, 0.15) is 5.15 Å². The molecule has 0 bridgehead atoms.